The molecule has 0 heterocycles. The van der Waals surface area contributed by atoms with E-state index in [1.54, 1.807) is 12.1 Å². The Morgan fingerprint density at radius 2 is 2.27 bits per heavy atom. The Hall–Kier alpha value is -0.340. The van der Waals surface area contributed by atoms with Crippen LogP contribution in [0.1, 0.15) is 18.9 Å². The van der Waals surface area contributed by atoms with Crippen molar-refractivity contribution < 1.29 is 4.39 Å². The number of hydrogen-bond acceptors (Lipinski definition) is 0. The van der Waals surface area contributed by atoms with E-state index >= 15 is 0 Å². The van der Waals surface area contributed by atoms with Gasteiger partial charge in [0, 0.05) is 10.4 Å². The fourth-order valence-electron chi connectivity index (χ4n) is 1.34. The molecular formula is C12H13BrClF. The van der Waals surface area contributed by atoms with Crippen LogP contribution in [-0.2, 0) is 6.42 Å². The average molecular weight is 292 g/mol. The predicted octanol–water partition coefficient (Wildman–Crippen LogP) is 4.75. The molecule has 3 heteroatoms. The van der Waals surface area contributed by atoms with Crippen LogP contribution < -0.4 is 0 Å². The van der Waals surface area contributed by atoms with Crippen molar-refractivity contribution in [3.8, 4) is 0 Å². The maximum Gasteiger partial charge on any atom is 0.128 e. The molecule has 0 bridgehead atoms. The van der Waals surface area contributed by atoms with E-state index in [0.29, 0.717) is 17.0 Å². The first-order chi connectivity index (χ1) is 7.13. The monoisotopic (exact) mass is 290 g/mol. The summed E-state index contributed by atoms with van der Waals surface area (Å²) in [6.45, 7) is 2.01. The molecule has 0 radical (unpaired) electrons. The number of allylic oxidation sites excluding steroid dienone is 2. The lowest BCUT2D eigenvalue weighted by molar-refractivity contribution is 0.613. The molecule has 0 aliphatic heterocycles. The summed E-state index contributed by atoms with van der Waals surface area (Å²) in [5.41, 5.74) is 1.87. The van der Waals surface area contributed by atoms with E-state index in [1.165, 1.54) is 11.6 Å². The van der Waals surface area contributed by atoms with Crippen molar-refractivity contribution in [2.24, 2.45) is 0 Å². The van der Waals surface area contributed by atoms with Crippen molar-refractivity contribution in [2.75, 3.05) is 5.33 Å². The highest BCUT2D eigenvalue weighted by molar-refractivity contribution is 9.09. The first kappa shape index (κ1) is 12.7. The van der Waals surface area contributed by atoms with Crippen molar-refractivity contribution in [3.05, 3.63) is 46.3 Å². The van der Waals surface area contributed by atoms with Crippen LogP contribution in [0, 0.1) is 5.82 Å². The molecule has 0 atom stereocenters. The molecule has 0 saturated carbocycles. The summed E-state index contributed by atoms with van der Waals surface area (Å²) in [7, 11) is 0. The minimum Gasteiger partial charge on any atom is -0.207 e. The smallest absolute Gasteiger partial charge is 0.128 e. The van der Waals surface area contributed by atoms with Crippen molar-refractivity contribution in [1.82, 2.24) is 0 Å². The van der Waals surface area contributed by atoms with Gasteiger partial charge in [0.2, 0.25) is 0 Å². The second-order valence-electron chi connectivity index (χ2n) is 3.44. The number of halogens is 3. The van der Waals surface area contributed by atoms with Crippen LogP contribution in [0.2, 0.25) is 5.02 Å². The molecule has 0 saturated heterocycles. The summed E-state index contributed by atoms with van der Waals surface area (Å²) in [4.78, 5) is 0. The van der Waals surface area contributed by atoms with E-state index in [-0.39, 0.29) is 5.82 Å². The molecule has 0 spiro atoms. The van der Waals surface area contributed by atoms with Gasteiger partial charge in [0.25, 0.3) is 0 Å². The first-order valence-electron chi connectivity index (χ1n) is 4.79. The molecule has 15 heavy (non-hydrogen) atoms. The Labute approximate surface area is 103 Å². The summed E-state index contributed by atoms with van der Waals surface area (Å²) < 4.78 is 13.4. The molecule has 0 unspecified atom stereocenters. The van der Waals surface area contributed by atoms with E-state index in [0.717, 1.165) is 11.8 Å². The van der Waals surface area contributed by atoms with Crippen LogP contribution in [0.3, 0.4) is 0 Å². The van der Waals surface area contributed by atoms with Crippen molar-refractivity contribution >= 4 is 27.5 Å². The zero-order valence-electron chi connectivity index (χ0n) is 8.56. The number of rotatable bonds is 4. The largest absolute Gasteiger partial charge is 0.207 e. The summed E-state index contributed by atoms with van der Waals surface area (Å²) in [5.74, 6) is -0.228. The van der Waals surface area contributed by atoms with Crippen LogP contribution >= 0.6 is 27.5 Å². The summed E-state index contributed by atoms with van der Waals surface area (Å²) in [6, 6.07) is 4.82. The zero-order valence-corrected chi connectivity index (χ0v) is 10.9. The molecule has 82 valence electrons. The molecule has 0 fully saturated rings. The van der Waals surface area contributed by atoms with Crippen LogP contribution in [0.4, 0.5) is 4.39 Å². The second kappa shape index (κ2) is 6.29. The van der Waals surface area contributed by atoms with Crippen molar-refractivity contribution in [2.45, 2.75) is 19.8 Å². The number of hydrogen-bond donors (Lipinski definition) is 0. The predicted molar refractivity (Wildman–Crippen MR) is 67.3 cm³/mol. The summed E-state index contributed by atoms with van der Waals surface area (Å²) in [5, 5.41) is 1.38. The van der Waals surface area contributed by atoms with Crippen molar-refractivity contribution in [1.29, 1.82) is 0 Å². The lowest BCUT2D eigenvalue weighted by Crippen LogP contribution is -1.92. The Morgan fingerprint density at radius 1 is 1.53 bits per heavy atom. The lowest BCUT2D eigenvalue weighted by atomic mass is 10.1. The van der Waals surface area contributed by atoms with Gasteiger partial charge in [-0.15, -0.1) is 0 Å². The Kier molecular flexibility index (Phi) is 5.34. The van der Waals surface area contributed by atoms with Crippen LogP contribution in [0.25, 0.3) is 0 Å². The second-order valence-corrected chi connectivity index (χ2v) is 4.67. The molecule has 0 N–H and O–H groups in total. The average Bonchev–Trinajstić information content (AvgIpc) is 2.19. The standard InChI is InChI=1S/C12H13BrClF/c1-9(3-2-6-13)7-10-4-5-11(14)8-12(10)15/h3-5,8H,2,6-7H2,1H3/b9-3-. The van der Waals surface area contributed by atoms with Gasteiger partial charge in [-0.05, 0) is 37.5 Å². The third-order valence-corrected chi connectivity index (χ3v) is 2.78. The van der Waals surface area contributed by atoms with Gasteiger partial charge in [-0.25, -0.2) is 4.39 Å². The SMILES string of the molecule is C/C(=C/CCBr)Cc1ccc(Cl)cc1F. The molecular weight excluding hydrogens is 278 g/mol. The normalized spacial score (nSPS) is 11.9. The number of benzene rings is 1. The van der Waals surface area contributed by atoms with Crippen LogP contribution in [0.5, 0.6) is 0 Å². The molecule has 1 aromatic rings. The van der Waals surface area contributed by atoms with E-state index in [9.17, 15) is 4.39 Å². The first-order valence-corrected chi connectivity index (χ1v) is 6.29. The van der Waals surface area contributed by atoms with Gasteiger partial charge in [0.1, 0.15) is 5.82 Å². The zero-order chi connectivity index (χ0) is 11.3. The van der Waals surface area contributed by atoms with Gasteiger partial charge in [-0.3, -0.25) is 0 Å². The van der Waals surface area contributed by atoms with Crippen molar-refractivity contribution in [3.63, 3.8) is 0 Å². The Balaban J connectivity index is 2.72. The Morgan fingerprint density at radius 3 is 2.87 bits per heavy atom. The summed E-state index contributed by atoms with van der Waals surface area (Å²) in [6.07, 6.45) is 3.74. The lowest BCUT2D eigenvalue weighted by Gasteiger charge is -2.04. The van der Waals surface area contributed by atoms with E-state index < -0.39 is 0 Å². The van der Waals surface area contributed by atoms with Gasteiger partial charge < -0.3 is 0 Å². The maximum absolute atomic E-state index is 13.4. The van der Waals surface area contributed by atoms with E-state index in [1.807, 2.05) is 6.92 Å². The maximum atomic E-state index is 13.4. The quantitative estimate of drug-likeness (QED) is 0.554. The molecule has 0 nitrogen and oxygen atoms in total. The fourth-order valence-corrected chi connectivity index (χ4v) is 1.73. The molecule has 1 aromatic carbocycles. The molecule has 0 aliphatic carbocycles. The van der Waals surface area contributed by atoms with Gasteiger partial charge in [0.05, 0.1) is 0 Å². The highest BCUT2D eigenvalue weighted by atomic mass is 79.9. The highest BCUT2D eigenvalue weighted by Crippen LogP contribution is 2.17. The van der Waals surface area contributed by atoms with E-state index in [2.05, 4.69) is 22.0 Å². The van der Waals surface area contributed by atoms with Crippen LogP contribution in [0.15, 0.2) is 29.8 Å². The molecule has 0 aromatic heterocycles. The fraction of sp³-hybridized carbons (Fsp3) is 0.333. The van der Waals surface area contributed by atoms with Crippen LogP contribution in [-0.4, -0.2) is 5.33 Å². The minimum absolute atomic E-state index is 0.228. The highest BCUT2D eigenvalue weighted by Gasteiger charge is 2.03. The third kappa shape index (κ3) is 4.35. The Bertz CT molecular complexity index is 361. The van der Waals surface area contributed by atoms with Gasteiger partial charge in [0.15, 0.2) is 0 Å². The third-order valence-electron chi connectivity index (χ3n) is 2.09. The topological polar surface area (TPSA) is 0 Å². The molecule has 1 rings (SSSR count). The molecule has 0 aliphatic rings. The van der Waals surface area contributed by atoms with Gasteiger partial charge in [-0.2, -0.15) is 0 Å². The molecule has 0 amide bonds. The van der Waals surface area contributed by atoms with Gasteiger partial charge >= 0.3 is 0 Å². The van der Waals surface area contributed by atoms with E-state index in [4.69, 9.17) is 11.6 Å². The minimum atomic E-state index is -0.228. The number of alkyl halides is 1. The van der Waals surface area contributed by atoms with Gasteiger partial charge in [-0.1, -0.05) is 45.2 Å². The summed E-state index contributed by atoms with van der Waals surface area (Å²) >= 11 is 9.03.